The van der Waals surface area contributed by atoms with Gasteiger partial charge in [-0.2, -0.15) is 0 Å². The SMILES string of the molecule is CC(C)C(=O)N(C)P1(=O)OCC(C)(C)CO1.CCCCCCC(CC(=O)C(C)C)P(=O)(O)O.CCCCOP(=O)(NC(=O)C(C)C)OCCCC.CCCOP(=O)(NC(C)(C)CCC(=O)C(C)C)OCCC.CCCOP(=O)(O)CCC(=O)C(C)C.CCCOP(=O)(O)OC(C)(C)CCC(=O)C(C)C. The van der Waals surface area contributed by atoms with Gasteiger partial charge in [-0.1, -0.05) is 184 Å². The summed E-state index contributed by atoms with van der Waals surface area (Å²) in [5.74, 6) is -0.986. The molecule has 6 N–H and O–H groups in total. The highest BCUT2D eigenvalue weighted by Gasteiger charge is 2.43. The Hall–Kier alpha value is -1.56. The fraction of sp³-hybridized carbons (Fsp3) is 0.914. The van der Waals surface area contributed by atoms with Crippen molar-refractivity contribution in [2.45, 2.75) is 312 Å². The average Bonchev–Trinajstić information content (AvgIpc) is 0.815. The predicted molar refractivity (Wildman–Crippen MR) is 414 cm³/mol. The van der Waals surface area contributed by atoms with Crippen LogP contribution in [0.3, 0.4) is 0 Å². The minimum atomic E-state index is -4.14. The molecule has 0 aromatic heterocycles. The van der Waals surface area contributed by atoms with Gasteiger partial charge in [0.2, 0.25) is 11.8 Å². The Balaban J connectivity index is -0.000000378. The number of carbonyl (C=O) groups is 6. The highest BCUT2D eigenvalue weighted by molar-refractivity contribution is 7.53. The number of phosphoric ester groups is 1. The zero-order chi connectivity index (χ0) is 82.2. The van der Waals surface area contributed by atoms with Crippen molar-refractivity contribution in [3.8, 4) is 0 Å². The van der Waals surface area contributed by atoms with Crippen LogP contribution in [-0.4, -0.2) is 142 Å². The van der Waals surface area contributed by atoms with E-state index < -0.39 is 63.1 Å². The van der Waals surface area contributed by atoms with Crippen LogP contribution in [0.25, 0.3) is 0 Å². The Morgan fingerprint density at radius 1 is 0.500 bits per heavy atom. The molecular formula is C70H147N3O25P6. The summed E-state index contributed by atoms with van der Waals surface area (Å²) in [6, 6.07) is 0. The molecule has 1 aliphatic heterocycles. The van der Waals surface area contributed by atoms with Crippen LogP contribution in [0.1, 0.15) is 295 Å². The molecule has 0 aromatic carbocycles. The normalized spacial score (nSPS) is 15.3. The Bertz CT molecular complexity index is 2640. The molecule has 0 bridgehead atoms. The molecule has 2 amide bonds. The number of carbonyl (C=O) groups excluding carboxylic acids is 6. The smallest absolute Gasteiger partial charge is 0.324 e. The molecule has 28 nitrogen and oxygen atoms in total. The molecular weight excluding hydrogens is 1470 g/mol. The number of phosphoric acid groups is 1. The molecule has 622 valence electrons. The number of ketones is 4. The first-order chi connectivity index (χ1) is 47.6. The van der Waals surface area contributed by atoms with E-state index in [-0.39, 0.29) is 108 Å². The molecule has 34 heteroatoms. The molecule has 3 atom stereocenters. The molecule has 1 heterocycles. The van der Waals surface area contributed by atoms with E-state index in [1.54, 1.807) is 69.2 Å². The summed E-state index contributed by atoms with van der Waals surface area (Å²) in [5, 5.41) is 5.38. The Morgan fingerprint density at radius 2 is 0.894 bits per heavy atom. The van der Waals surface area contributed by atoms with E-state index in [4.69, 9.17) is 40.7 Å². The molecule has 1 saturated heterocycles. The van der Waals surface area contributed by atoms with Gasteiger partial charge in [0.15, 0.2) is 0 Å². The standard InChI is InChI=1S/C15H32NO4P.C12H26NO4P.C12H25O5P.C12H25O4P.C10H20NO4P.C9H19O4P/c1-7-11-19-21(18,20-12-8-2)16-15(5,6)10-9-14(17)13(3)4;1-5-7-9-16-18(15,17-10-8-6-2)13-12(14)11(3)4;1-6-9-16-18(14,15)17-12(4,5)8-7-11(13)10(2)3;1-4-5-6-7-8-11(17(14,15)16)9-12(13)10(2)3;1-8(2)9(12)11(5)16(13)14-6-10(3,4)7-15-16;1-4-6-13-14(11,12)7-5-9(10)8(2)3/h13H,7-12H2,1-6H3,(H,16,18);11H,5-10H2,1-4H3,(H,13,14,15);10H,6-9H2,1-5H3,(H,14,15);10-11H,4-9H2,1-3H3,(H2,14,15,16);8H,6-7H2,1-5H3;8H,4-7H2,1-3H3,(H,11,12). The van der Waals surface area contributed by atoms with E-state index in [2.05, 4.69) is 17.1 Å². The van der Waals surface area contributed by atoms with Crippen LogP contribution in [0.15, 0.2) is 0 Å². The minimum absolute atomic E-state index is 0.000580. The lowest BCUT2D eigenvalue weighted by Gasteiger charge is -2.37. The maximum Gasteiger partial charge on any atom is 0.472 e. The first-order valence-corrected chi connectivity index (χ1v) is 46.9. The number of amides is 2. The summed E-state index contributed by atoms with van der Waals surface area (Å²) < 4.78 is 119. The number of nitrogens with zero attached hydrogens (tertiary/aromatic N) is 1. The van der Waals surface area contributed by atoms with Crippen LogP contribution in [0.4, 0.5) is 0 Å². The van der Waals surface area contributed by atoms with Gasteiger partial charge >= 0.3 is 46.3 Å². The van der Waals surface area contributed by atoms with Gasteiger partial charge in [0, 0.05) is 79.2 Å². The third-order valence-electron chi connectivity index (χ3n) is 14.9. The maximum absolute atomic E-state index is 12.7. The maximum atomic E-state index is 12.7. The zero-order valence-electron chi connectivity index (χ0n) is 68.8. The summed E-state index contributed by atoms with van der Waals surface area (Å²) in [4.78, 5) is 106. The van der Waals surface area contributed by atoms with Gasteiger partial charge in [-0.05, 0) is 85.5 Å². The quantitative estimate of drug-likeness (QED) is 0.0243. The topological polar surface area (TPSA) is 396 Å². The van der Waals surface area contributed by atoms with Crippen molar-refractivity contribution in [3.05, 3.63) is 0 Å². The fourth-order valence-corrected chi connectivity index (χ4v) is 16.3. The van der Waals surface area contributed by atoms with Crippen LogP contribution in [0.5, 0.6) is 0 Å². The van der Waals surface area contributed by atoms with Gasteiger partial charge in [0.25, 0.3) is 0 Å². The number of Topliss-reactive ketones (excluding diaryl/α,β-unsaturated/α-hetero) is 4. The lowest BCUT2D eigenvalue weighted by Crippen LogP contribution is -2.38. The van der Waals surface area contributed by atoms with Gasteiger partial charge in [-0.25, -0.2) is 23.3 Å². The lowest BCUT2D eigenvalue weighted by molar-refractivity contribution is -0.130. The number of hydrogen-bond donors (Lipinski definition) is 6. The second-order valence-corrected chi connectivity index (χ2v) is 40.5. The Labute approximate surface area is 628 Å². The summed E-state index contributed by atoms with van der Waals surface area (Å²) in [5.41, 5.74) is -2.28. The van der Waals surface area contributed by atoms with E-state index in [1.807, 2.05) is 96.9 Å². The van der Waals surface area contributed by atoms with Crippen molar-refractivity contribution in [3.63, 3.8) is 0 Å². The number of unbranched alkanes of at least 4 members (excludes halogenated alkanes) is 5. The molecule has 0 aliphatic carbocycles. The van der Waals surface area contributed by atoms with E-state index in [1.165, 1.54) is 7.05 Å². The second kappa shape index (κ2) is 57.5. The van der Waals surface area contributed by atoms with Crippen molar-refractivity contribution in [1.29, 1.82) is 0 Å². The van der Waals surface area contributed by atoms with Gasteiger partial charge in [-0.3, -0.25) is 83.8 Å². The Morgan fingerprint density at radius 3 is 1.28 bits per heavy atom. The highest BCUT2D eigenvalue weighted by atomic mass is 31.2. The monoisotopic (exact) mass is 1620 g/mol. The van der Waals surface area contributed by atoms with Crippen LogP contribution < -0.4 is 10.2 Å². The third kappa shape index (κ3) is 59.3. The third-order valence-corrected chi connectivity index (χ3v) is 24.2. The first kappa shape index (κ1) is 111. The van der Waals surface area contributed by atoms with Crippen molar-refractivity contribution < 1.29 is 116 Å². The van der Waals surface area contributed by atoms with Crippen molar-refractivity contribution >= 4 is 81.2 Å². The average molecular weight is 1620 g/mol. The second-order valence-electron chi connectivity index (χ2n) is 29.7. The fourth-order valence-electron chi connectivity index (χ4n) is 7.77. The summed E-state index contributed by atoms with van der Waals surface area (Å²) >= 11 is 0. The first-order valence-electron chi connectivity index (χ1n) is 37.4. The van der Waals surface area contributed by atoms with Crippen molar-refractivity contribution in [1.82, 2.24) is 14.8 Å². The summed E-state index contributed by atoms with van der Waals surface area (Å²) in [6.07, 6.45) is 12.5. The zero-order valence-corrected chi connectivity index (χ0v) is 74.2. The molecule has 1 fully saturated rings. The molecule has 0 saturated carbocycles. The molecule has 0 radical (unpaired) electrons. The van der Waals surface area contributed by atoms with Crippen LogP contribution in [0, 0.1) is 40.9 Å². The van der Waals surface area contributed by atoms with Crippen LogP contribution >= 0.6 is 46.3 Å². The molecule has 1 aliphatic rings. The van der Waals surface area contributed by atoms with Crippen LogP contribution in [0.2, 0.25) is 0 Å². The molecule has 1 rings (SSSR count). The molecule has 104 heavy (non-hydrogen) atoms. The van der Waals surface area contributed by atoms with Gasteiger partial charge in [0.1, 0.15) is 23.1 Å². The number of hydrogen-bond acceptors (Lipinski definition) is 21. The van der Waals surface area contributed by atoms with Gasteiger partial charge < -0.3 is 24.1 Å². The largest absolute Gasteiger partial charge is 0.472 e. The summed E-state index contributed by atoms with van der Waals surface area (Å²) in [7, 11) is -20.4. The van der Waals surface area contributed by atoms with Crippen molar-refractivity contribution in [2.75, 3.05) is 66.1 Å². The Kier molecular flexibility index (Phi) is 61.4. The minimum Gasteiger partial charge on any atom is -0.324 e. The number of rotatable bonds is 49. The van der Waals surface area contributed by atoms with E-state index in [0.29, 0.717) is 84.6 Å². The summed E-state index contributed by atoms with van der Waals surface area (Å²) in [6.45, 7) is 48.8. The number of nitrogens with one attached hydrogen (secondary N) is 2. The molecule has 3 unspecified atom stereocenters. The molecule has 0 spiro atoms. The van der Waals surface area contributed by atoms with E-state index in [9.17, 15) is 75.7 Å². The van der Waals surface area contributed by atoms with E-state index >= 15 is 0 Å². The van der Waals surface area contributed by atoms with Crippen molar-refractivity contribution in [2.24, 2.45) is 40.9 Å². The lowest BCUT2D eigenvalue weighted by atomic mass is 9.95. The highest BCUT2D eigenvalue weighted by Crippen LogP contribution is 2.56. The van der Waals surface area contributed by atoms with Crippen LogP contribution in [-0.2, 0) is 96.9 Å². The van der Waals surface area contributed by atoms with E-state index in [0.717, 1.165) is 68.9 Å². The van der Waals surface area contributed by atoms with Gasteiger partial charge in [-0.15, -0.1) is 0 Å². The predicted octanol–water partition coefficient (Wildman–Crippen LogP) is 18.7. The van der Waals surface area contributed by atoms with Gasteiger partial charge in [0.05, 0.1) is 70.3 Å². The molecule has 0 aromatic rings.